The second-order valence-electron chi connectivity index (χ2n) is 5.56. The van der Waals surface area contributed by atoms with Gasteiger partial charge >= 0.3 is 0 Å². The normalized spacial score (nSPS) is 14.8. The lowest BCUT2D eigenvalue weighted by atomic mass is 10.0. The molecule has 0 fully saturated rings. The molecule has 1 aromatic heterocycles. The van der Waals surface area contributed by atoms with E-state index in [4.69, 9.17) is 21.3 Å². The van der Waals surface area contributed by atoms with Crippen molar-refractivity contribution in [3.63, 3.8) is 0 Å². The van der Waals surface area contributed by atoms with Crippen LogP contribution in [0.15, 0.2) is 18.2 Å². The van der Waals surface area contributed by atoms with E-state index in [2.05, 4.69) is 59.2 Å². The maximum atomic E-state index is 6.38. The lowest BCUT2D eigenvalue weighted by molar-refractivity contribution is 0.0968. The van der Waals surface area contributed by atoms with Crippen LogP contribution in [0, 0.1) is 9.49 Å². The number of nitrogens with zero attached hydrogens (tertiary/aromatic N) is 2. The van der Waals surface area contributed by atoms with Gasteiger partial charge in [0.05, 0.1) is 29.1 Å². The number of halogens is 2. The molecule has 0 aliphatic carbocycles. The monoisotopic (exact) mass is 420 g/mol. The summed E-state index contributed by atoms with van der Waals surface area (Å²) in [6.45, 7) is 9.83. The Hall–Kier alpha value is -0.330. The van der Waals surface area contributed by atoms with Gasteiger partial charge in [-0.15, -0.1) is 11.6 Å². The third-order valence-corrected chi connectivity index (χ3v) is 4.49. The fourth-order valence-electron chi connectivity index (χ4n) is 2.52. The average Bonchev–Trinajstić information content (AvgIpc) is 2.77. The highest BCUT2D eigenvalue weighted by Crippen LogP contribution is 2.32. The van der Waals surface area contributed by atoms with Gasteiger partial charge in [-0.1, -0.05) is 13.8 Å². The molecular formula is C16H22ClIN2O. The van der Waals surface area contributed by atoms with Gasteiger partial charge in [0.2, 0.25) is 0 Å². The molecule has 0 amide bonds. The highest BCUT2D eigenvalue weighted by atomic mass is 127. The van der Waals surface area contributed by atoms with Gasteiger partial charge in [0.1, 0.15) is 5.82 Å². The third-order valence-electron chi connectivity index (χ3n) is 3.63. The van der Waals surface area contributed by atoms with E-state index >= 15 is 0 Å². The molecule has 2 unspecified atom stereocenters. The molecule has 5 heteroatoms. The first kappa shape index (κ1) is 17.0. The van der Waals surface area contributed by atoms with Gasteiger partial charge in [0, 0.05) is 10.2 Å². The molecule has 0 N–H and O–H groups in total. The number of alkyl halides is 1. The highest BCUT2D eigenvalue weighted by Gasteiger charge is 2.24. The first-order valence-corrected chi connectivity index (χ1v) is 8.86. The summed E-state index contributed by atoms with van der Waals surface area (Å²) in [5, 5.41) is -0.127. The minimum absolute atomic E-state index is 0.127. The summed E-state index contributed by atoms with van der Waals surface area (Å²) in [5.74, 6) is 1.37. The largest absolute Gasteiger partial charge is 0.380 e. The van der Waals surface area contributed by atoms with Gasteiger partial charge in [0.25, 0.3) is 0 Å². The number of hydrogen-bond acceptors (Lipinski definition) is 2. The molecule has 0 saturated carbocycles. The molecule has 21 heavy (non-hydrogen) atoms. The molecule has 2 atom stereocenters. The van der Waals surface area contributed by atoms with Crippen molar-refractivity contribution in [2.24, 2.45) is 5.92 Å². The summed E-state index contributed by atoms with van der Waals surface area (Å²) >= 11 is 8.69. The van der Waals surface area contributed by atoms with E-state index in [0.29, 0.717) is 12.5 Å². The van der Waals surface area contributed by atoms with Crippen LogP contribution in [0.3, 0.4) is 0 Å². The van der Waals surface area contributed by atoms with Gasteiger partial charge in [-0.05, 0) is 60.6 Å². The quantitative estimate of drug-likeness (QED) is 0.476. The summed E-state index contributed by atoms with van der Waals surface area (Å²) in [6.07, 6.45) is 0. The minimum atomic E-state index is -0.127. The summed E-state index contributed by atoms with van der Waals surface area (Å²) in [6, 6.07) is 6.59. The van der Waals surface area contributed by atoms with E-state index in [0.717, 1.165) is 23.5 Å². The standard InChI is InChI=1S/C16H22ClIN2O/c1-5-21-9-15(10(2)3)20-14-7-6-12(18)8-13(14)19-16(20)11(4)17/h6-8,10-11,15H,5,9H2,1-4H3. The number of rotatable bonds is 6. The summed E-state index contributed by atoms with van der Waals surface area (Å²) in [7, 11) is 0. The third kappa shape index (κ3) is 3.71. The van der Waals surface area contributed by atoms with Crippen molar-refractivity contribution in [1.29, 1.82) is 0 Å². The van der Waals surface area contributed by atoms with E-state index in [9.17, 15) is 0 Å². The van der Waals surface area contributed by atoms with Gasteiger partial charge in [-0.25, -0.2) is 4.98 Å². The fraction of sp³-hybridized carbons (Fsp3) is 0.562. The second-order valence-corrected chi connectivity index (χ2v) is 7.46. The van der Waals surface area contributed by atoms with Gasteiger partial charge in [-0.3, -0.25) is 0 Å². The van der Waals surface area contributed by atoms with E-state index in [1.165, 1.54) is 3.57 Å². The van der Waals surface area contributed by atoms with Crippen molar-refractivity contribution in [3.8, 4) is 0 Å². The molecule has 0 radical (unpaired) electrons. The number of aromatic nitrogens is 2. The van der Waals surface area contributed by atoms with E-state index in [1.54, 1.807) is 0 Å². The number of imidazole rings is 1. The van der Waals surface area contributed by atoms with Gasteiger partial charge in [-0.2, -0.15) is 0 Å². The molecule has 0 saturated heterocycles. The van der Waals surface area contributed by atoms with Crippen LogP contribution in [-0.4, -0.2) is 22.8 Å². The van der Waals surface area contributed by atoms with Crippen LogP contribution in [-0.2, 0) is 4.74 Å². The van der Waals surface area contributed by atoms with E-state index < -0.39 is 0 Å². The maximum Gasteiger partial charge on any atom is 0.128 e. The SMILES string of the molecule is CCOCC(C(C)C)n1c(C(C)Cl)nc2cc(I)ccc21. The first-order chi connectivity index (χ1) is 9.95. The van der Waals surface area contributed by atoms with Gasteiger partial charge in [0.15, 0.2) is 0 Å². The highest BCUT2D eigenvalue weighted by molar-refractivity contribution is 14.1. The molecular weight excluding hydrogens is 399 g/mol. The Morgan fingerprint density at radius 2 is 2.05 bits per heavy atom. The van der Waals surface area contributed by atoms with Crippen molar-refractivity contribution in [3.05, 3.63) is 27.6 Å². The predicted molar refractivity (Wildman–Crippen MR) is 97.1 cm³/mol. The average molecular weight is 421 g/mol. The van der Waals surface area contributed by atoms with Crippen LogP contribution in [0.2, 0.25) is 0 Å². The zero-order chi connectivity index (χ0) is 15.6. The lowest BCUT2D eigenvalue weighted by Crippen LogP contribution is -2.23. The molecule has 0 bridgehead atoms. The number of hydrogen-bond donors (Lipinski definition) is 0. The number of fused-ring (bicyclic) bond motifs is 1. The molecule has 2 rings (SSSR count). The number of benzene rings is 1. The molecule has 2 aromatic rings. The van der Waals surface area contributed by atoms with Crippen molar-refractivity contribution in [1.82, 2.24) is 9.55 Å². The Balaban J connectivity index is 2.59. The summed E-state index contributed by atoms with van der Waals surface area (Å²) in [5.41, 5.74) is 2.14. The first-order valence-electron chi connectivity index (χ1n) is 7.34. The summed E-state index contributed by atoms with van der Waals surface area (Å²) < 4.78 is 9.15. The molecule has 0 spiro atoms. The Morgan fingerprint density at radius 3 is 2.62 bits per heavy atom. The Morgan fingerprint density at radius 1 is 1.33 bits per heavy atom. The summed E-state index contributed by atoms with van der Waals surface area (Å²) in [4.78, 5) is 4.76. The zero-order valence-electron chi connectivity index (χ0n) is 12.9. The smallest absolute Gasteiger partial charge is 0.128 e. The van der Waals surface area contributed by atoms with Crippen LogP contribution < -0.4 is 0 Å². The molecule has 116 valence electrons. The van der Waals surface area contributed by atoms with Crippen molar-refractivity contribution in [2.75, 3.05) is 13.2 Å². The lowest BCUT2D eigenvalue weighted by Gasteiger charge is -2.25. The Kier molecular flexibility index (Phi) is 5.91. The van der Waals surface area contributed by atoms with Crippen molar-refractivity contribution < 1.29 is 4.74 Å². The molecule has 1 aromatic carbocycles. The van der Waals surface area contributed by atoms with Crippen molar-refractivity contribution >= 4 is 45.2 Å². The van der Waals surface area contributed by atoms with Crippen LogP contribution in [0.25, 0.3) is 11.0 Å². The molecule has 3 nitrogen and oxygen atoms in total. The van der Waals surface area contributed by atoms with Crippen LogP contribution in [0.1, 0.15) is 44.9 Å². The fourth-order valence-corrected chi connectivity index (χ4v) is 3.15. The Bertz CT molecular complexity index is 610. The maximum absolute atomic E-state index is 6.38. The second kappa shape index (κ2) is 7.29. The molecule has 0 aliphatic rings. The van der Waals surface area contributed by atoms with Crippen molar-refractivity contribution in [2.45, 2.75) is 39.1 Å². The Labute approximate surface area is 145 Å². The van der Waals surface area contributed by atoms with Crippen LogP contribution in [0.4, 0.5) is 0 Å². The zero-order valence-corrected chi connectivity index (χ0v) is 15.9. The predicted octanol–water partition coefficient (Wildman–Crippen LogP) is 5.17. The minimum Gasteiger partial charge on any atom is -0.380 e. The topological polar surface area (TPSA) is 27.1 Å². The van der Waals surface area contributed by atoms with Crippen LogP contribution >= 0.6 is 34.2 Å². The van der Waals surface area contributed by atoms with Crippen LogP contribution in [0.5, 0.6) is 0 Å². The molecule has 0 aliphatic heterocycles. The van der Waals surface area contributed by atoms with E-state index in [-0.39, 0.29) is 11.4 Å². The number of ether oxygens (including phenoxy) is 1. The molecule has 1 heterocycles. The van der Waals surface area contributed by atoms with Gasteiger partial charge < -0.3 is 9.30 Å². The van der Waals surface area contributed by atoms with E-state index in [1.807, 2.05) is 13.8 Å².